The molecule has 1 heterocycles. The number of nitrogens with zero attached hydrogens (tertiary/aromatic N) is 1. The molecule has 1 aromatic heterocycles. The van der Waals surface area contributed by atoms with Gasteiger partial charge in [-0.05, 0) is 48.5 Å². The first-order valence-electron chi connectivity index (χ1n) is 7.26. The summed E-state index contributed by atoms with van der Waals surface area (Å²) in [4.78, 5) is 16.1. The van der Waals surface area contributed by atoms with Crippen LogP contribution in [0.1, 0.15) is 10.4 Å². The first kappa shape index (κ1) is 16.9. The van der Waals surface area contributed by atoms with E-state index in [9.17, 15) is 13.6 Å². The second kappa shape index (κ2) is 7.27. The number of halogens is 3. The minimum absolute atomic E-state index is 0.0111. The molecule has 3 rings (SSSR count). The third-order valence-electron chi connectivity index (χ3n) is 3.30. The van der Waals surface area contributed by atoms with Crippen molar-refractivity contribution in [2.45, 2.75) is 0 Å². The van der Waals surface area contributed by atoms with Crippen molar-refractivity contribution in [2.24, 2.45) is 0 Å². The standard InChI is InChI=1S/C18H12ClF2N3O/c19-15-9-13(4-6-16(15)21)23-14-5-7-17(22-10-14)24-18(25)11-2-1-3-12(20)8-11/h1-10,23H,(H,22,24,25). The molecule has 0 saturated heterocycles. The van der Waals surface area contributed by atoms with Crippen LogP contribution in [0, 0.1) is 11.6 Å². The van der Waals surface area contributed by atoms with Gasteiger partial charge in [0.1, 0.15) is 17.5 Å². The van der Waals surface area contributed by atoms with Gasteiger partial charge in [-0.15, -0.1) is 0 Å². The average molecular weight is 360 g/mol. The number of pyridine rings is 1. The first-order chi connectivity index (χ1) is 12.0. The predicted octanol–water partition coefficient (Wildman–Crippen LogP) is 5.01. The van der Waals surface area contributed by atoms with E-state index in [-0.39, 0.29) is 10.6 Å². The molecule has 2 N–H and O–H groups in total. The number of hydrogen-bond acceptors (Lipinski definition) is 3. The zero-order valence-electron chi connectivity index (χ0n) is 12.8. The Morgan fingerprint density at radius 2 is 1.80 bits per heavy atom. The summed E-state index contributed by atoms with van der Waals surface area (Å²) in [6.45, 7) is 0. The fraction of sp³-hybridized carbons (Fsp3) is 0. The second-order valence-electron chi connectivity index (χ2n) is 5.15. The Morgan fingerprint density at radius 1 is 1.00 bits per heavy atom. The molecular formula is C18H12ClF2N3O. The molecule has 7 heteroatoms. The van der Waals surface area contributed by atoms with Crippen molar-refractivity contribution in [3.63, 3.8) is 0 Å². The van der Waals surface area contributed by atoms with E-state index in [1.807, 2.05) is 0 Å². The van der Waals surface area contributed by atoms with E-state index >= 15 is 0 Å². The van der Waals surface area contributed by atoms with E-state index < -0.39 is 17.5 Å². The highest BCUT2D eigenvalue weighted by molar-refractivity contribution is 6.31. The molecule has 0 aliphatic heterocycles. The maximum atomic E-state index is 13.1. The topological polar surface area (TPSA) is 54.0 Å². The minimum Gasteiger partial charge on any atom is -0.354 e. The number of anilines is 3. The van der Waals surface area contributed by atoms with Crippen LogP contribution in [0.5, 0.6) is 0 Å². The monoisotopic (exact) mass is 359 g/mol. The Morgan fingerprint density at radius 3 is 2.48 bits per heavy atom. The number of amides is 1. The van der Waals surface area contributed by atoms with E-state index in [0.717, 1.165) is 6.07 Å². The quantitative estimate of drug-likeness (QED) is 0.688. The third-order valence-corrected chi connectivity index (χ3v) is 3.59. The summed E-state index contributed by atoms with van der Waals surface area (Å²) in [5.41, 5.74) is 1.43. The molecule has 0 aliphatic rings. The van der Waals surface area contributed by atoms with Gasteiger partial charge in [-0.1, -0.05) is 17.7 Å². The maximum Gasteiger partial charge on any atom is 0.256 e. The van der Waals surface area contributed by atoms with Gasteiger partial charge in [-0.3, -0.25) is 4.79 Å². The number of hydrogen-bond donors (Lipinski definition) is 2. The van der Waals surface area contributed by atoms with E-state index in [1.165, 1.54) is 36.5 Å². The summed E-state index contributed by atoms with van der Waals surface area (Å²) in [6.07, 6.45) is 1.50. The average Bonchev–Trinajstić information content (AvgIpc) is 2.60. The number of rotatable bonds is 4. The molecule has 0 bridgehead atoms. The third kappa shape index (κ3) is 4.30. The lowest BCUT2D eigenvalue weighted by Gasteiger charge is -2.08. The molecule has 2 aromatic carbocycles. The largest absolute Gasteiger partial charge is 0.354 e. The molecule has 126 valence electrons. The Kier molecular flexibility index (Phi) is 4.90. The second-order valence-corrected chi connectivity index (χ2v) is 5.56. The van der Waals surface area contributed by atoms with Gasteiger partial charge in [0.25, 0.3) is 5.91 Å². The maximum absolute atomic E-state index is 13.1. The number of aromatic nitrogens is 1. The molecule has 0 atom stereocenters. The number of benzene rings is 2. The van der Waals surface area contributed by atoms with Gasteiger partial charge in [0.15, 0.2) is 0 Å². The fourth-order valence-corrected chi connectivity index (χ4v) is 2.28. The van der Waals surface area contributed by atoms with Crippen LogP contribution in [-0.2, 0) is 0 Å². The zero-order valence-corrected chi connectivity index (χ0v) is 13.5. The van der Waals surface area contributed by atoms with E-state index in [0.29, 0.717) is 17.2 Å². The highest BCUT2D eigenvalue weighted by atomic mass is 35.5. The molecule has 25 heavy (non-hydrogen) atoms. The molecule has 0 fully saturated rings. The Hall–Kier alpha value is -2.99. The molecule has 0 spiro atoms. The summed E-state index contributed by atoms with van der Waals surface area (Å²) < 4.78 is 26.3. The fourth-order valence-electron chi connectivity index (χ4n) is 2.10. The lowest BCUT2D eigenvalue weighted by molar-refractivity contribution is 0.102. The summed E-state index contributed by atoms with van der Waals surface area (Å²) in [7, 11) is 0. The highest BCUT2D eigenvalue weighted by Crippen LogP contribution is 2.23. The van der Waals surface area contributed by atoms with Gasteiger partial charge in [0, 0.05) is 11.3 Å². The smallest absolute Gasteiger partial charge is 0.256 e. The zero-order chi connectivity index (χ0) is 17.8. The Labute approximate surface area is 147 Å². The van der Waals surface area contributed by atoms with Crippen LogP contribution in [0.3, 0.4) is 0 Å². The highest BCUT2D eigenvalue weighted by Gasteiger charge is 2.08. The molecule has 1 amide bonds. The van der Waals surface area contributed by atoms with Crippen molar-refractivity contribution in [2.75, 3.05) is 10.6 Å². The van der Waals surface area contributed by atoms with Crippen LogP contribution in [0.15, 0.2) is 60.8 Å². The van der Waals surface area contributed by atoms with Crippen LogP contribution in [0.2, 0.25) is 5.02 Å². The van der Waals surface area contributed by atoms with Crippen LogP contribution < -0.4 is 10.6 Å². The predicted molar refractivity (Wildman–Crippen MR) is 93.3 cm³/mol. The SMILES string of the molecule is O=C(Nc1ccc(Nc2ccc(F)c(Cl)c2)cn1)c1cccc(F)c1. The summed E-state index contributed by atoms with van der Waals surface area (Å²) in [5.74, 6) is -1.13. The lowest BCUT2D eigenvalue weighted by atomic mass is 10.2. The molecule has 0 saturated carbocycles. The number of nitrogens with one attached hydrogen (secondary N) is 2. The normalized spacial score (nSPS) is 10.4. The van der Waals surface area contributed by atoms with Crippen molar-refractivity contribution in [3.05, 3.63) is 83.0 Å². The molecule has 4 nitrogen and oxygen atoms in total. The van der Waals surface area contributed by atoms with Crippen molar-refractivity contribution in [3.8, 4) is 0 Å². The molecule has 0 aliphatic carbocycles. The molecule has 3 aromatic rings. The van der Waals surface area contributed by atoms with Crippen LogP contribution >= 0.6 is 11.6 Å². The van der Waals surface area contributed by atoms with Crippen molar-refractivity contribution < 1.29 is 13.6 Å². The molecular weight excluding hydrogens is 348 g/mol. The van der Waals surface area contributed by atoms with Crippen LogP contribution in [0.25, 0.3) is 0 Å². The summed E-state index contributed by atoms with van der Waals surface area (Å²) in [6, 6.07) is 12.9. The minimum atomic E-state index is -0.499. The first-order valence-corrected chi connectivity index (χ1v) is 7.64. The summed E-state index contributed by atoms with van der Waals surface area (Å²) >= 11 is 5.73. The van der Waals surface area contributed by atoms with Crippen molar-refractivity contribution >= 4 is 34.7 Å². The van der Waals surface area contributed by atoms with Gasteiger partial charge in [0.05, 0.1) is 16.9 Å². The Bertz CT molecular complexity index is 916. The lowest BCUT2D eigenvalue weighted by Crippen LogP contribution is -2.13. The molecule has 0 unspecified atom stereocenters. The van der Waals surface area contributed by atoms with E-state index in [4.69, 9.17) is 11.6 Å². The van der Waals surface area contributed by atoms with Crippen molar-refractivity contribution in [1.29, 1.82) is 0 Å². The van der Waals surface area contributed by atoms with Crippen LogP contribution in [0.4, 0.5) is 26.0 Å². The van der Waals surface area contributed by atoms with Gasteiger partial charge in [-0.25, -0.2) is 13.8 Å². The van der Waals surface area contributed by atoms with E-state index in [2.05, 4.69) is 15.6 Å². The summed E-state index contributed by atoms with van der Waals surface area (Å²) in [5, 5.41) is 5.60. The number of carbonyl (C=O) groups is 1. The van der Waals surface area contributed by atoms with Gasteiger partial charge >= 0.3 is 0 Å². The Balaban J connectivity index is 1.67. The van der Waals surface area contributed by atoms with E-state index in [1.54, 1.807) is 18.2 Å². The van der Waals surface area contributed by atoms with Gasteiger partial charge in [-0.2, -0.15) is 0 Å². The van der Waals surface area contributed by atoms with Gasteiger partial charge < -0.3 is 10.6 Å². The van der Waals surface area contributed by atoms with Gasteiger partial charge in [0.2, 0.25) is 0 Å². The van der Waals surface area contributed by atoms with Crippen LogP contribution in [-0.4, -0.2) is 10.9 Å². The number of carbonyl (C=O) groups excluding carboxylic acids is 1. The molecule has 0 radical (unpaired) electrons. The van der Waals surface area contributed by atoms with Crippen molar-refractivity contribution in [1.82, 2.24) is 4.98 Å².